The summed E-state index contributed by atoms with van der Waals surface area (Å²) in [7, 11) is 1.59. The van der Waals surface area contributed by atoms with Crippen molar-refractivity contribution >= 4 is 40.7 Å². The van der Waals surface area contributed by atoms with Crippen LogP contribution in [-0.2, 0) is 14.4 Å². The van der Waals surface area contributed by atoms with Crippen LogP contribution in [0.4, 0.5) is 5.69 Å². The number of benzodiazepines with no additional fused rings is 1. The van der Waals surface area contributed by atoms with Crippen molar-refractivity contribution in [3.63, 3.8) is 0 Å². The molecule has 3 N–H and O–H groups in total. The van der Waals surface area contributed by atoms with E-state index in [9.17, 15) is 14.4 Å². The van der Waals surface area contributed by atoms with Crippen molar-refractivity contribution in [1.29, 1.82) is 0 Å². The highest BCUT2D eigenvalue weighted by Crippen LogP contribution is 2.46. The molecule has 196 valence electrons. The number of likely N-dealkylation sites (N-methyl/N-ethyl adjacent to an activating group) is 1. The maximum Gasteiger partial charge on any atom is 0.269 e. The van der Waals surface area contributed by atoms with Crippen LogP contribution in [0, 0.1) is 17.3 Å². The second kappa shape index (κ2) is 11.1. The summed E-state index contributed by atoms with van der Waals surface area (Å²) in [6, 6.07) is 14.6. The smallest absolute Gasteiger partial charge is 0.269 e. The standard InChI is InChI=1S/C29H35ClN4O3/c1-18(2)17-22(29(28(31)37)15-7-4-8-16-29)27(36)34(3)25-26(35)32-23-10-6-5-9-21(23)24(33-25)19-11-13-20(30)14-12-19/h5-6,9-14,18,22,25H,4,7-8,15-17H2,1-3H3,(H2,31,37)(H,32,35). The summed E-state index contributed by atoms with van der Waals surface area (Å²) in [4.78, 5) is 46.7. The SMILES string of the molecule is CC(C)CC(C(=O)N(C)C1N=C(c2ccc(Cl)cc2)c2ccccc2NC1=O)C1(C(N)=O)CCCCC1. The van der Waals surface area contributed by atoms with Crippen LogP contribution in [0.25, 0.3) is 0 Å². The average molecular weight is 523 g/mol. The number of fused-ring (bicyclic) bond motifs is 1. The Morgan fingerprint density at radius 2 is 1.76 bits per heavy atom. The van der Waals surface area contributed by atoms with Crippen LogP contribution in [0.3, 0.4) is 0 Å². The molecule has 1 saturated carbocycles. The molecule has 2 aromatic carbocycles. The fourth-order valence-corrected chi connectivity index (χ4v) is 5.82. The summed E-state index contributed by atoms with van der Waals surface area (Å²) in [6.07, 6.45) is 3.29. The van der Waals surface area contributed by atoms with Crippen LogP contribution in [0.2, 0.25) is 5.02 Å². The number of para-hydroxylation sites is 1. The highest BCUT2D eigenvalue weighted by molar-refractivity contribution is 6.30. The normalized spacial score (nSPS) is 19.8. The zero-order chi connectivity index (χ0) is 26.7. The quantitative estimate of drug-likeness (QED) is 0.533. The predicted octanol–water partition coefficient (Wildman–Crippen LogP) is 5.01. The van der Waals surface area contributed by atoms with Crippen LogP contribution in [-0.4, -0.2) is 41.5 Å². The van der Waals surface area contributed by atoms with Gasteiger partial charge in [-0.15, -0.1) is 0 Å². The number of hydrogen-bond acceptors (Lipinski definition) is 4. The highest BCUT2D eigenvalue weighted by Gasteiger charge is 2.50. The van der Waals surface area contributed by atoms with Gasteiger partial charge in [0.15, 0.2) is 0 Å². The summed E-state index contributed by atoms with van der Waals surface area (Å²) < 4.78 is 0. The molecule has 2 aliphatic rings. The largest absolute Gasteiger partial charge is 0.369 e. The molecule has 3 amide bonds. The number of benzene rings is 2. The molecule has 2 unspecified atom stereocenters. The highest BCUT2D eigenvalue weighted by atomic mass is 35.5. The third-order valence-corrected chi connectivity index (χ3v) is 7.92. The Morgan fingerprint density at radius 3 is 2.38 bits per heavy atom. The molecule has 2 aromatic rings. The summed E-state index contributed by atoms with van der Waals surface area (Å²) in [5.74, 6) is -1.57. The maximum atomic E-state index is 14.2. The molecule has 1 aliphatic heterocycles. The zero-order valence-corrected chi connectivity index (χ0v) is 22.4. The van der Waals surface area contributed by atoms with E-state index < -0.39 is 29.3 Å². The van der Waals surface area contributed by atoms with Crippen LogP contribution in [0.5, 0.6) is 0 Å². The molecule has 37 heavy (non-hydrogen) atoms. The van der Waals surface area contributed by atoms with E-state index in [1.807, 2.05) is 50.2 Å². The molecule has 1 fully saturated rings. The van der Waals surface area contributed by atoms with Gasteiger partial charge in [-0.05, 0) is 43.4 Å². The van der Waals surface area contributed by atoms with E-state index in [-0.39, 0.29) is 11.8 Å². The van der Waals surface area contributed by atoms with E-state index in [1.54, 1.807) is 19.2 Å². The summed E-state index contributed by atoms with van der Waals surface area (Å²) in [6.45, 7) is 4.06. The summed E-state index contributed by atoms with van der Waals surface area (Å²) in [5.41, 5.74) is 7.80. The number of nitrogens with two attached hydrogens (primary N) is 1. The molecule has 8 heteroatoms. The molecule has 4 rings (SSSR count). The van der Waals surface area contributed by atoms with Crippen molar-refractivity contribution < 1.29 is 14.4 Å². The first-order chi connectivity index (χ1) is 17.6. The molecular formula is C29H35ClN4O3. The van der Waals surface area contributed by atoms with Crippen molar-refractivity contribution in [2.75, 3.05) is 12.4 Å². The first-order valence-corrected chi connectivity index (χ1v) is 13.3. The minimum absolute atomic E-state index is 0.167. The number of amides is 3. The molecule has 1 aliphatic carbocycles. The Morgan fingerprint density at radius 1 is 1.11 bits per heavy atom. The number of primary amides is 1. The lowest BCUT2D eigenvalue weighted by molar-refractivity contribution is -0.152. The molecule has 0 spiro atoms. The van der Waals surface area contributed by atoms with Crippen molar-refractivity contribution in [3.8, 4) is 0 Å². The van der Waals surface area contributed by atoms with Crippen LogP contribution in [0.1, 0.15) is 63.5 Å². The molecule has 0 aromatic heterocycles. The summed E-state index contributed by atoms with van der Waals surface area (Å²) >= 11 is 6.12. The number of carbonyl (C=O) groups excluding carboxylic acids is 3. The van der Waals surface area contributed by atoms with E-state index in [2.05, 4.69) is 5.32 Å². The molecule has 0 radical (unpaired) electrons. The first kappa shape index (κ1) is 26.9. The average Bonchev–Trinajstić information content (AvgIpc) is 3.03. The number of halogens is 1. The van der Waals surface area contributed by atoms with Gasteiger partial charge in [0, 0.05) is 23.2 Å². The lowest BCUT2D eigenvalue weighted by Crippen LogP contribution is -2.54. The number of carbonyl (C=O) groups is 3. The van der Waals surface area contributed by atoms with Crippen LogP contribution >= 0.6 is 11.6 Å². The summed E-state index contributed by atoms with van der Waals surface area (Å²) in [5, 5.41) is 3.53. The minimum Gasteiger partial charge on any atom is -0.369 e. The maximum absolute atomic E-state index is 14.2. The second-order valence-electron chi connectivity index (χ2n) is 10.6. The number of anilines is 1. The van der Waals surface area contributed by atoms with Gasteiger partial charge in [-0.1, -0.05) is 75.0 Å². The fraction of sp³-hybridized carbons (Fsp3) is 0.448. The van der Waals surface area contributed by atoms with E-state index in [0.717, 1.165) is 30.4 Å². The number of nitrogens with zero attached hydrogens (tertiary/aromatic N) is 2. The van der Waals surface area contributed by atoms with Gasteiger partial charge in [0.1, 0.15) is 0 Å². The van der Waals surface area contributed by atoms with Crippen molar-refractivity contribution in [2.24, 2.45) is 28.0 Å². The lowest BCUT2D eigenvalue weighted by Gasteiger charge is -2.42. The molecule has 0 bridgehead atoms. The number of aliphatic imine (C=N–C) groups is 1. The molecule has 1 heterocycles. The number of nitrogens with one attached hydrogen (secondary N) is 1. The molecule has 7 nitrogen and oxygen atoms in total. The van der Waals surface area contributed by atoms with Crippen molar-refractivity contribution in [2.45, 2.75) is 58.5 Å². The van der Waals surface area contributed by atoms with Crippen LogP contribution < -0.4 is 11.1 Å². The molecular weight excluding hydrogens is 488 g/mol. The van der Waals surface area contributed by atoms with Gasteiger partial charge in [-0.2, -0.15) is 0 Å². The van der Waals surface area contributed by atoms with Crippen molar-refractivity contribution in [1.82, 2.24) is 4.90 Å². The van der Waals surface area contributed by atoms with Gasteiger partial charge >= 0.3 is 0 Å². The van der Waals surface area contributed by atoms with E-state index in [0.29, 0.717) is 35.7 Å². The van der Waals surface area contributed by atoms with Gasteiger partial charge in [0.25, 0.3) is 5.91 Å². The molecule has 2 atom stereocenters. The van der Waals surface area contributed by atoms with Gasteiger partial charge in [-0.3, -0.25) is 14.4 Å². The minimum atomic E-state index is -1.12. The first-order valence-electron chi connectivity index (χ1n) is 12.9. The Hall–Kier alpha value is -3.19. The van der Waals surface area contributed by atoms with E-state index in [1.165, 1.54) is 4.90 Å². The third kappa shape index (κ3) is 5.42. The Bertz CT molecular complexity index is 1200. The lowest BCUT2D eigenvalue weighted by atomic mass is 9.62. The van der Waals surface area contributed by atoms with E-state index >= 15 is 0 Å². The Labute approximate surface area is 223 Å². The fourth-order valence-electron chi connectivity index (χ4n) is 5.70. The topological polar surface area (TPSA) is 105 Å². The number of hydrogen-bond donors (Lipinski definition) is 2. The Kier molecular flexibility index (Phi) is 8.02. The van der Waals surface area contributed by atoms with Crippen molar-refractivity contribution in [3.05, 3.63) is 64.7 Å². The molecule has 0 saturated heterocycles. The predicted molar refractivity (Wildman–Crippen MR) is 146 cm³/mol. The van der Waals surface area contributed by atoms with Gasteiger partial charge in [0.2, 0.25) is 18.0 Å². The van der Waals surface area contributed by atoms with Gasteiger partial charge < -0.3 is 16.0 Å². The Balaban J connectivity index is 1.77. The van der Waals surface area contributed by atoms with Crippen LogP contribution in [0.15, 0.2) is 53.5 Å². The second-order valence-corrected chi connectivity index (χ2v) is 11.0. The monoisotopic (exact) mass is 522 g/mol. The number of rotatable bonds is 7. The van der Waals surface area contributed by atoms with Gasteiger partial charge in [-0.25, -0.2) is 4.99 Å². The van der Waals surface area contributed by atoms with Gasteiger partial charge in [0.05, 0.1) is 22.7 Å². The zero-order valence-electron chi connectivity index (χ0n) is 21.7. The van der Waals surface area contributed by atoms with E-state index in [4.69, 9.17) is 22.3 Å². The third-order valence-electron chi connectivity index (χ3n) is 7.67.